The molecule has 1 aromatic heterocycles. The Morgan fingerprint density at radius 3 is 2.94 bits per heavy atom. The van der Waals surface area contributed by atoms with Gasteiger partial charge in [-0.3, -0.25) is 4.79 Å². The highest BCUT2D eigenvalue weighted by Crippen LogP contribution is 2.38. The van der Waals surface area contributed by atoms with Gasteiger partial charge < -0.3 is 19.5 Å². The quantitative estimate of drug-likeness (QED) is 0.633. The molecule has 0 aliphatic carbocycles. The first kappa shape index (κ1) is 20.0. The van der Waals surface area contributed by atoms with E-state index in [-0.39, 0.29) is 24.7 Å². The summed E-state index contributed by atoms with van der Waals surface area (Å²) in [6.07, 6.45) is 5.21. The summed E-state index contributed by atoms with van der Waals surface area (Å²) in [5, 5.41) is 9.90. The first-order chi connectivity index (χ1) is 15.2. The number of nitrogens with zero attached hydrogens (tertiary/aromatic N) is 2. The van der Waals surface area contributed by atoms with Gasteiger partial charge in [-0.05, 0) is 55.0 Å². The summed E-state index contributed by atoms with van der Waals surface area (Å²) >= 11 is 1.23. The van der Waals surface area contributed by atoms with Gasteiger partial charge >= 0.3 is 0 Å². The fourth-order valence-corrected chi connectivity index (χ4v) is 5.01. The van der Waals surface area contributed by atoms with E-state index in [2.05, 4.69) is 17.1 Å². The number of hydrogen-bond acceptors (Lipinski definition) is 6. The molecule has 6 nitrogen and oxygen atoms in total. The fourth-order valence-electron chi connectivity index (χ4n) is 4.27. The molecule has 3 heterocycles. The molecule has 160 valence electrons. The van der Waals surface area contributed by atoms with E-state index in [1.54, 1.807) is 11.1 Å². The highest BCUT2D eigenvalue weighted by Gasteiger charge is 2.30. The molecule has 2 aromatic carbocycles. The van der Waals surface area contributed by atoms with Gasteiger partial charge in [0.25, 0.3) is 11.1 Å². The molecule has 0 spiro atoms. The van der Waals surface area contributed by atoms with Crippen molar-refractivity contribution >= 4 is 17.2 Å². The third-order valence-corrected chi connectivity index (χ3v) is 6.76. The number of rotatable bonds is 5. The normalized spacial score (nSPS) is 20.2. The maximum absolute atomic E-state index is 12.7. The lowest BCUT2D eigenvalue weighted by atomic mass is 9.97. The maximum atomic E-state index is 12.7. The minimum absolute atomic E-state index is 0.00374. The molecule has 2 atom stereocenters. The SMILES string of the molecule is O=C(c1cnc(Oc2ccc3c(c2)CC[C@@H](c2ccccc2)O3)s1)N1CCC[C@H]1CO. The van der Waals surface area contributed by atoms with E-state index in [0.29, 0.717) is 22.4 Å². The number of aryl methyl sites for hydroxylation is 1. The van der Waals surface area contributed by atoms with Crippen LogP contribution in [0.2, 0.25) is 0 Å². The third-order valence-electron chi connectivity index (χ3n) is 5.90. The molecular weight excluding hydrogens is 412 g/mol. The van der Waals surface area contributed by atoms with E-state index in [4.69, 9.17) is 9.47 Å². The smallest absolute Gasteiger partial charge is 0.279 e. The molecule has 1 amide bonds. The summed E-state index contributed by atoms with van der Waals surface area (Å²) in [6, 6.07) is 16.0. The van der Waals surface area contributed by atoms with Crippen LogP contribution in [0.4, 0.5) is 0 Å². The van der Waals surface area contributed by atoms with Crippen molar-refractivity contribution in [1.29, 1.82) is 0 Å². The molecule has 2 aliphatic heterocycles. The number of likely N-dealkylation sites (tertiary alicyclic amines) is 1. The number of aliphatic hydroxyl groups is 1. The van der Waals surface area contributed by atoms with Gasteiger partial charge in [0.05, 0.1) is 18.8 Å². The Bertz CT molecular complexity index is 1070. The number of carbonyl (C=O) groups excluding carboxylic acids is 1. The molecule has 31 heavy (non-hydrogen) atoms. The molecule has 0 saturated carbocycles. The van der Waals surface area contributed by atoms with Crippen LogP contribution >= 0.6 is 11.3 Å². The summed E-state index contributed by atoms with van der Waals surface area (Å²) in [4.78, 5) is 19.3. The summed E-state index contributed by atoms with van der Waals surface area (Å²) < 4.78 is 12.1. The molecule has 1 N–H and O–H groups in total. The zero-order valence-corrected chi connectivity index (χ0v) is 17.9. The van der Waals surface area contributed by atoms with Crippen molar-refractivity contribution in [3.63, 3.8) is 0 Å². The Kier molecular flexibility index (Phi) is 5.61. The molecule has 0 radical (unpaired) electrons. The van der Waals surface area contributed by atoms with Crippen LogP contribution in [-0.2, 0) is 6.42 Å². The second kappa shape index (κ2) is 8.69. The number of aromatic nitrogens is 1. The predicted octanol–water partition coefficient (Wildman–Crippen LogP) is 4.60. The van der Waals surface area contributed by atoms with Gasteiger partial charge in [-0.2, -0.15) is 0 Å². The lowest BCUT2D eigenvalue weighted by Crippen LogP contribution is -2.37. The minimum Gasteiger partial charge on any atom is -0.485 e. The second-order valence-electron chi connectivity index (χ2n) is 7.90. The van der Waals surface area contributed by atoms with Crippen molar-refractivity contribution < 1.29 is 19.4 Å². The zero-order chi connectivity index (χ0) is 21.2. The van der Waals surface area contributed by atoms with Crippen LogP contribution in [0.1, 0.15) is 46.2 Å². The van der Waals surface area contributed by atoms with E-state index in [1.165, 1.54) is 16.9 Å². The maximum Gasteiger partial charge on any atom is 0.279 e. The molecule has 7 heteroatoms. The lowest BCUT2D eigenvalue weighted by molar-refractivity contribution is 0.0682. The molecule has 5 rings (SSSR count). The van der Waals surface area contributed by atoms with Crippen LogP contribution in [0.25, 0.3) is 0 Å². The second-order valence-corrected chi connectivity index (χ2v) is 8.89. The first-order valence-corrected chi connectivity index (χ1v) is 11.4. The average molecular weight is 437 g/mol. The highest BCUT2D eigenvalue weighted by atomic mass is 32.1. The van der Waals surface area contributed by atoms with Gasteiger partial charge in [0.2, 0.25) is 0 Å². The topological polar surface area (TPSA) is 71.9 Å². The summed E-state index contributed by atoms with van der Waals surface area (Å²) in [6.45, 7) is 0.670. The van der Waals surface area contributed by atoms with Crippen LogP contribution in [0.5, 0.6) is 16.7 Å². The molecule has 2 aliphatic rings. The molecule has 0 unspecified atom stereocenters. The van der Waals surface area contributed by atoms with Crippen LogP contribution in [0.3, 0.4) is 0 Å². The van der Waals surface area contributed by atoms with Gasteiger partial charge in [0.1, 0.15) is 22.5 Å². The van der Waals surface area contributed by atoms with Gasteiger partial charge in [-0.25, -0.2) is 4.98 Å². The molecular formula is C24H24N2O4S. The Balaban J connectivity index is 1.26. The Morgan fingerprint density at radius 2 is 2.10 bits per heavy atom. The van der Waals surface area contributed by atoms with Crippen LogP contribution in [-0.4, -0.2) is 40.1 Å². The van der Waals surface area contributed by atoms with E-state index in [0.717, 1.165) is 37.0 Å². The number of thiazole rings is 1. The molecule has 1 fully saturated rings. The zero-order valence-electron chi connectivity index (χ0n) is 17.1. The number of benzene rings is 2. The number of fused-ring (bicyclic) bond motifs is 1. The van der Waals surface area contributed by atoms with Gasteiger partial charge in [0, 0.05) is 6.54 Å². The average Bonchev–Trinajstić information content (AvgIpc) is 3.48. The molecule has 1 saturated heterocycles. The Labute approximate surface area is 185 Å². The largest absolute Gasteiger partial charge is 0.485 e. The van der Waals surface area contributed by atoms with E-state index in [9.17, 15) is 9.90 Å². The monoisotopic (exact) mass is 436 g/mol. The van der Waals surface area contributed by atoms with Crippen molar-refractivity contribution in [2.24, 2.45) is 0 Å². The van der Waals surface area contributed by atoms with Crippen molar-refractivity contribution in [2.75, 3.05) is 13.2 Å². The van der Waals surface area contributed by atoms with Crippen LogP contribution in [0.15, 0.2) is 54.7 Å². The van der Waals surface area contributed by atoms with Gasteiger partial charge in [-0.1, -0.05) is 41.7 Å². The first-order valence-electron chi connectivity index (χ1n) is 10.6. The van der Waals surface area contributed by atoms with Gasteiger partial charge in [0.15, 0.2) is 0 Å². The van der Waals surface area contributed by atoms with Crippen LogP contribution < -0.4 is 9.47 Å². The summed E-state index contributed by atoms with van der Waals surface area (Å²) in [5.41, 5.74) is 2.30. The molecule has 3 aromatic rings. The summed E-state index contributed by atoms with van der Waals surface area (Å²) in [5.74, 6) is 1.48. The van der Waals surface area contributed by atoms with Gasteiger partial charge in [-0.15, -0.1) is 0 Å². The van der Waals surface area contributed by atoms with Crippen molar-refractivity contribution in [3.8, 4) is 16.7 Å². The van der Waals surface area contributed by atoms with Crippen molar-refractivity contribution in [1.82, 2.24) is 9.88 Å². The van der Waals surface area contributed by atoms with Crippen molar-refractivity contribution in [3.05, 3.63) is 70.7 Å². The highest BCUT2D eigenvalue weighted by molar-refractivity contribution is 7.15. The standard InChI is InChI=1S/C24H24N2O4S/c27-15-18-7-4-12-26(18)23(28)22-14-25-24(31-22)29-19-9-11-21-17(13-19)8-10-20(30-21)16-5-2-1-3-6-16/h1-3,5-6,9,11,13-14,18,20,27H,4,7-8,10,12,15H2/t18-,20-/m0/s1. The fraction of sp³-hybridized carbons (Fsp3) is 0.333. The van der Waals surface area contributed by atoms with E-state index >= 15 is 0 Å². The molecule has 0 bridgehead atoms. The Morgan fingerprint density at radius 1 is 1.23 bits per heavy atom. The Hall–Kier alpha value is -2.90. The van der Waals surface area contributed by atoms with Crippen LogP contribution in [0, 0.1) is 0 Å². The number of ether oxygens (including phenoxy) is 2. The lowest BCUT2D eigenvalue weighted by Gasteiger charge is -2.26. The number of hydrogen-bond donors (Lipinski definition) is 1. The summed E-state index contributed by atoms with van der Waals surface area (Å²) in [7, 11) is 0. The number of carbonyl (C=O) groups is 1. The third kappa shape index (κ3) is 4.16. The van der Waals surface area contributed by atoms with E-state index < -0.39 is 0 Å². The number of amides is 1. The number of aliphatic hydroxyl groups excluding tert-OH is 1. The minimum atomic E-state index is -0.0978. The van der Waals surface area contributed by atoms with E-state index in [1.807, 2.05) is 36.4 Å². The predicted molar refractivity (Wildman–Crippen MR) is 118 cm³/mol. The van der Waals surface area contributed by atoms with Crippen molar-refractivity contribution in [2.45, 2.75) is 37.8 Å².